The fraction of sp³-hybridized carbons (Fsp3) is 0.188. The first-order valence-corrected chi connectivity index (χ1v) is 7.21. The summed E-state index contributed by atoms with van der Waals surface area (Å²) in [6.45, 7) is 1.98. The molecule has 22 heavy (non-hydrogen) atoms. The van der Waals surface area contributed by atoms with E-state index in [1.807, 2.05) is 19.1 Å². The maximum atomic E-state index is 12.2. The Hall–Kier alpha value is -2.40. The lowest BCUT2D eigenvalue weighted by atomic mass is 10.0. The van der Waals surface area contributed by atoms with E-state index in [0.717, 1.165) is 12.0 Å². The number of nitrogens with one attached hydrogen (secondary N) is 1. The van der Waals surface area contributed by atoms with Gasteiger partial charge >= 0.3 is 0 Å². The maximum absolute atomic E-state index is 12.2. The quantitative estimate of drug-likeness (QED) is 0.889. The lowest BCUT2D eigenvalue weighted by Crippen LogP contribution is -2.28. The summed E-state index contributed by atoms with van der Waals surface area (Å²) in [6.07, 6.45) is 2.07. The summed E-state index contributed by atoms with van der Waals surface area (Å²) in [4.78, 5) is 27.1. The van der Waals surface area contributed by atoms with Gasteiger partial charge in [0.2, 0.25) is 0 Å². The van der Waals surface area contributed by atoms with Crippen LogP contribution in [0, 0.1) is 0 Å². The second kappa shape index (κ2) is 7.04. The van der Waals surface area contributed by atoms with Gasteiger partial charge in [0.25, 0.3) is 11.8 Å². The number of carbonyl (C=O) groups excluding carboxylic acids is 2. The van der Waals surface area contributed by atoms with E-state index in [9.17, 15) is 9.59 Å². The van der Waals surface area contributed by atoms with Crippen LogP contribution in [0.5, 0.6) is 0 Å². The van der Waals surface area contributed by atoms with Crippen LogP contribution < -0.4 is 11.1 Å². The van der Waals surface area contributed by atoms with Crippen molar-refractivity contribution < 1.29 is 9.59 Å². The van der Waals surface area contributed by atoms with Gasteiger partial charge in [0.1, 0.15) is 5.69 Å². The summed E-state index contributed by atoms with van der Waals surface area (Å²) < 4.78 is 0. The van der Waals surface area contributed by atoms with Crippen molar-refractivity contribution in [3.05, 3.63) is 64.4 Å². The Labute approximate surface area is 133 Å². The molecule has 0 saturated carbocycles. The number of halogens is 1. The van der Waals surface area contributed by atoms with Gasteiger partial charge in [-0.15, -0.1) is 0 Å². The molecule has 1 atom stereocenters. The Morgan fingerprint density at radius 1 is 1.23 bits per heavy atom. The van der Waals surface area contributed by atoms with Crippen LogP contribution in [0.3, 0.4) is 0 Å². The molecule has 0 radical (unpaired) electrons. The van der Waals surface area contributed by atoms with E-state index in [2.05, 4.69) is 10.3 Å². The highest BCUT2D eigenvalue weighted by Crippen LogP contribution is 2.19. The van der Waals surface area contributed by atoms with Gasteiger partial charge in [-0.05, 0) is 36.2 Å². The topological polar surface area (TPSA) is 85.1 Å². The van der Waals surface area contributed by atoms with Crippen LogP contribution in [0.25, 0.3) is 0 Å². The Morgan fingerprint density at radius 2 is 1.91 bits per heavy atom. The van der Waals surface area contributed by atoms with Crippen LogP contribution in [-0.2, 0) is 0 Å². The van der Waals surface area contributed by atoms with Crippen molar-refractivity contribution in [1.29, 1.82) is 0 Å². The number of nitrogens with two attached hydrogens (primary N) is 1. The number of aromatic nitrogens is 1. The minimum absolute atomic E-state index is 0.124. The fourth-order valence-electron chi connectivity index (χ4n) is 2.03. The largest absolute Gasteiger partial charge is 0.364 e. The van der Waals surface area contributed by atoms with Crippen molar-refractivity contribution in [2.24, 2.45) is 5.73 Å². The van der Waals surface area contributed by atoms with E-state index in [1.54, 1.807) is 12.1 Å². The molecule has 0 aliphatic carbocycles. The molecule has 3 N–H and O–H groups in total. The lowest BCUT2D eigenvalue weighted by molar-refractivity contribution is 0.0932. The molecule has 1 aromatic carbocycles. The van der Waals surface area contributed by atoms with Crippen molar-refractivity contribution in [1.82, 2.24) is 10.3 Å². The Morgan fingerprint density at radius 3 is 2.41 bits per heavy atom. The van der Waals surface area contributed by atoms with Crippen molar-refractivity contribution in [2.75, 3.05) is 0 Å². The molecule has 2 aromatic rings. The van der Waals surface area contributed by atoms with E-state index in [1.165, 1.54) is 18.3 Å². The predicted octanol–water partition coefficient (Wildman–Crippen LogP) is 2.72. The van der Waals surface area contributed by atoms with Crippen LogP contribution in [0.2, 0.25) is 5.02 Å². The number of pyridine rings is 1. The van der Waals surface area contributed by atoms with E-state index in [-0.39, 0.29) is 17.6 Å². The number of rotatable bonds is 5. The third-order valence-corrected chi connectivity index (χ3v) is 3.52. The first kappa shape index (κ1) is 16.0. The van der Waals surface area contributed by atoms with E-state index in [4.69, 9.17) is 17.3 Å². The number of hydrogen-bond acceptors (Lipinski definition) is 3. The van der Waals surface area contributed by atoms with Gasteiger partial charge in [0.15, 0.2) is 0 Å². The van der Waals surface area contributed by atoms with E-state index in [0.29, 0.717) is 10.6 Å². The molecular formula is C16H16ClN3O2. The monoisotopic (exact) mass is 317 g/mol. The highest BCUT2D eigenvalue weighted by atomic mass is 35.5. The number of hydrogen-bond donors (Lipinski definition) is 2. The van der Waals surface area contributed by atoms with Gasteiger partial charge in [-0.1, -0.05) is 30.7 Å². The van der Waals surface area contributed by atoms with E-state index < -0.39 is 5.91 Å². The van der Waals surface area contributed by atoms with Crippen molar-refractivity contribution in [2.45, 2.75) is 19.4 Å². The molecule has 0 spiro atoms. The van der Waals surface area contributed by atoms with Crippen LogP contribution >= 0.6 is 11.6 Å². The Bertz CT molecular complexity index is 669. The Kier molecular flexibility index (Phi) is 5.12. The smallest absolute Gasteiger partial charge is 0.267 e. The van der Waals surface area contributed by atoms with Crippen molar-refractivity contribution in [3.63, 3.8) is 0 Å². The standard InChI is InChI=1S/C16H16ClN3O2/c1-2-13(10-3-6-12(17)7-4-10)20-16(22)11-5-8-14(15(18)21)19-9-11/h3-9,13H,2H2,1H3,(H2,18,21)(H,20,22)/t13-/m0/s1. The number of benzene rings is 1. The molecular weight excluding hydrogens is 302 g/mol. The van der Waals surface area contributed by atoms with Gasteiger partial charge in [-0.25, -0.2) is 0 Å². The SMILES string of the molecule is CC[C@H](NC(=O)c1ccc(C(N)=O)nc1)c1ccc(Cl)cc1. The Balaban J connectivity index is 2.11. The van der Waals surface area contributed by atoms with E-state index >= 15 is 0 Å². The minimum Gasteiger partial charge on any atom is -0.364 e. The molecule has 5 nitrogen and oxygen atoms in total. The van der Waals surface area contributed by atoms with Crippen LogP contribution in [0.1, 0.15) is 45.8 Å². The third-order valence-electron chi connectivity index (χ3n) is 3.26. The molecule has 0 saturated heterocycles. The highest BCUT2D eigenvalue weighted by molar-refractivity contribution is 6.30. The molecule has 1 heterocycles. The first-order valence-electron chi connectivity index (χ1n) is 6.83. The third kappa shape index (κ3) is 3.83. The zero-order chi connectivity index (χ0) is 16.1. The number of carbonyl (C=O) groups is 2. The summed E-state index contributed by atoms with van der Waals surface area (Å²) in [5.41, 5.74) is 6.59. The summed E-state index contributed by atoms with van der Waals surface area (Å²) in [5, 5.41) is 3.58. The minimum atomic E-state index is -0.625. The van der Waals surface area contributed by atoms with Crippen LogP contribution in [0.15, 0.2) is 42.6 Å². The van der Waals surface area contributed by atoms with Crippen molar-refractivity contribution in [3.8, 4) is 0 Å². The molecule has 0 fully saturated rings. The molecule has 0 aliphatic heterocycles. The number of amides is 2. The molecule has 0 unspecified atom stereocenters. The maximum Gasteiger partial charge on any atom is 0.267 e. The second-order valence-corrected chi connectivity index (χ2v) is 5.22. The molecule has 1 aromatic heterocycles. The summed E-state index contributed by atoms with van der Waals surface area (Å²) in [5.74, 6) is -0.884. The van der Waals surface area contributed by atoms with Crippen molar-refractivity contribution >= 4 is 23.4 Å². The van der Waals surface area contributed by atoms with Gasteiger partial charge in [-0.3, -0.25) is 14.6 Å². The predicted molar refractivity (Wildman–Crippen MR) is 84.7 cm³/mol. The molecule has 114 valence electrons. The van der Waals surface area contributed by atoms with Gasteiger partial charge in [0.05, 0.1) is 11.6 Å². The highest BCUT2D eigenvalue weighted by Gasteiger charge is 2.15. The average Bonchev–Trinajstić information content (AvgIpc) is 2.53. The molecule has 0 aliphatic rings. The number of primary amides is 1. The lowest BCUT2D eigenvalue weighted by Gasteiger charge is -2.17. The molecule has 6 heteroatoms. The normalized spacial score (nSPS) is 11.7. The molecule has 2 amide bonds. The van der Waals surface area contributed by atoms with Crippen LogP contribution in [0.4, 0.5) is 0 Å². The van der Waals surface area contributed by atoms with Gasteiger partial charge in [-0.2, -0.15) is 0 Å². The zero-order valence-corrected chi connectivity index (χ0v) is 12.8. The second-order valence-electron chi connectivity index (χ2n) is 4.78. The average molecular weight is 318 g/mol. The number of nitrogens with zero attached hydrogens (tertiary/aromatic N) is 1. The first-order chi connectivity index (χ1) is 10.5. The molecule has 2 rings (SSSR count). The summed E-state index contributed by atoms with van der Waals surface area (Å²) in [7, 11) is 0. The van der Waals surface area contributed by atoms with Gasteiger partial charge in [0, 0.05) is 11.2 Å². The summed E-state index contributed by atoms with van der Waals surface area (Å²) >= 11 is 5.87. The van der Waals surface area contributed by atoms with Gasteiger partial charge < -0.3 is 11.1 Å². The fourth-order valence-corrected chi connectivity index (χ4v) is 2.16. The molecule has 0 bridgehead atoms. The zero-order valence-electron chi connectivity index (χ0n) is 12.0. The van der Waals surface area contributed by atoms with Crippen LogP contribution in [-0.4, -0.2) is 16.8 Å². The summed E-state index contributed by atoms with van der Waals surface area (Å²) in [6, 6.07) is 10.2.